The van der Waals surface area contributed by atoms with E-state index in [4.69, 9.17) is 9.47 Å². The summed E-state index contributed by atoms with van der Waals surface area (Å²) in [6, 6.07) is 18.5. The molecule has 3 aromatic rings. The Hall–Kier alpha value is -4.13. The van der Waals surface area contributed by atoms with Crippen LogP contribution < -0.4 is 9.47 Å². The van der Waals surface area contributed by atoms with E-state index < -0.39 is 17.7 Å². The third-order valence-corrected chi connectivity index (χ3v) is 5.44. The molecule has 1 fully saturated rings. The van der Waals surface area contributed by atoms with Crippen molar-refractivity contribution in [1.82, 2.24) is 9.88 Å². The summed E-state index contributed by atoms with van der Waals surface area (Å²) in [7, 11) is 1.58. The molecule has 1 N–H and O–H groups in total. The Balaban J connectivity index is 1.80. The van der Waals surface area contributed by atoms with Crippen molar-refractivity contribution in [3.8, 4) is 11.5 Å². The van der Waals surface area contributed by atoms with Crippen LogP contribution in [0.5, 0.6) is 11.5 Å². The van der Waals surface area contributed by atoms with E-state index in [2.05, 4.69) is 4.98 Å². The molecule has 33 heavy (non-hydrogen) atoms. The van der Waals surface area contributed by atoms with Gasteiger partial charge in [-0.25, -0.2) is 0 Å². The van der Waals surface area contributed by atoms with Crippen molar-refractivity contribution in [2.75, 3.05) is 13.7 Å². The number of carbonyl (C=O) groups is 2. The lowest BCUT2D eigenvalue weighted by molar-refractivity contribution is -0.140. The first-order valence-corrected chi connectivity index (χ1v) is 10.6. The molecule has 0 bridgehead atoms. The number of ether oxygens (including phenoxy) is 2. The molecule has 0 aliphatic carbocycles. The highest BCUT2D eigenvalue weighted by atomic mass is 16.5. The average molecular weight is 444 g/mol. The summed E-state index contributed by atoms with van der Waals surface area (Å²) in [5.41, 5.74) is 1.70. The third-order valence-electron chi connectivity index (χ3n) is 5.44. The van der Waals surface area contributed by atoms with E-state index in [1.165, 1.54) is 4.90 Å². The van der Waals surface area contributed by atoms with Crippen LogP contribution in [0.3, 0.4) is 0 Å². The van der Waals surface area contributed by atoms with E-state index in [0.717, 1.165) is 5.56 Å². The van der Waals surface area contributed by atoms with Crippen LogP contribution in [-0.2, 0) is 16.1 Å². The van der Waals surface area contributed by atoms with Crippen LogP contribution in [0, 0.1) is 0 Å². The zero-order valence-corrected chi connectivity index (χ0v) is 18.4. The molecule has 7 nitrogen and oxygen atoms in total. The number of hydrogen-bond donors (Lipinski definition) is 1. The van der Waals surface area contributed by atoms with Crippen LogP contribution in [0.2, 0.25) is 0 Å². The molecule has 2 heterocycles. The van der Waals surface area contributed by atoms with Gasteiger partial charge in [-0.3, -0.25) is 14.6 Å². The van der Waals surface area contributed by atoms with Crippen molar-refractivity contribution in [3.63, 3.8) is 0 Å². The normalized spacial score (nSPS) is 17.3. The van der Waals surface area contributed by atoms with Gasteiger partial charge in [0.15, 0.2) is 0 Å². The fourth-order valence-electron chi connectivity index (χ4n) is 3.87. The first-order valence-electron chi connectivity index (χ1n) is 10.6. The van der Waals surface area contributed by atoms with E-state index in [1.807, 2.05) is 19.1 Å². The summed E-state index contributed by atoms with van der Waals surface area (Å²) in [5, 5.41) is 11.2. The number of likely N-dealkylation sites (tertiary alicyclic amines) is 1. The number of rotatable bonds is 7. The molecule has 0 spiro atoms. The molecule has 0 saturated carbocycles. The number of pyridine rings is 1. The molecule has 1 unspecified atom stereocenters. The molecular formula is C26H24N2O5. The van der Waals surface area contributed by atoms with Crippen molar-refractivity contribution < 1.29 is 24.2 Å². The lowest BCUT2D eigenvalue weighted by Gasteiger charge is -2.24. The number of hydrogen-bond acceptors (Lipinski definition) is 6. The maximum absolute atomic E-state index is 13.1. The summed E-state index contributed by atoms with van der Waals surface area (Å²) in [6.45, 7) is 2.49. The van der Waals surface area contributed by atoms with Crippen LogP contribution >= 0.6 is 0 Å². The number of amides is 1. The topological polar surface area (TPSA) is 89.0 Å². The molecule has 1 saturated heterocycles. The summed E-state index contributed by atoms with van der Waals surface area (Å²) in [6.07, 6.45) is 1.60. The van der Waals surface area contributed by atoms with Crippen molar-refractivity contribution in [2.24, 2.45) is 0 Å². The van der Waals surface area contributed by atoms with Gasteiger partial charge in [-0.05, 0) is 48.9 Å². The first kappa shape index (κ1) is 22.1. The van der Waals surface area contributed by atoms with Crippen LogP contribution in [0.15, 0.2) is 78.5 Å². The van der Waals surface area contributed by atoms with Gasteiger partial charge in [-0.15, -0.1) is 0 Å². The minimum atomic E-state index is -0.830. The van der Waals surface area contributed by atoms with Crippen molar-refractivity contribution in [1.29, 1.82) is 0 Å². The number of aromatic nitrogens is 1. The van der Waals surface area contributed by atoms with Crippen LogP contribution in [0.1, 0.15) is 29.8 Å². The highest BCUT2D eigenvalue weighted by Gasteiger charge is 2.46. The zero-order chi connectivity index (χ0) is 23.4. The second kappa shape index (κ2) is 9.56. The molecule has 0 radical (unpaired) electrons. The van der Waals surface area contributed by atoms with Gasteiger partial charge in [0.1, 0.15) is 23.3 Å². The lowest BCUT2D eigenvalue weighted by Crippen LogP contribution is -2.29. The van der Waals surface area contributed by atoms with Gasteiger partial charge in [-0.2, -0.15) is 0 Å². The Morgan fingerprint density at radius 1 is 1.03 bits per heavy atom. The number of Topliss-reactive ketones (excluding diaryl/α,β-unsaturated/α-hetero) is 1. The maximum atomic E-state index is 13.1. The second-order valence-electron chi connectivity index (χ2n) is 7.49. The fraction of sp³-hybridized carbons (Fsp3) is 0.192. The van der Waals surface area contributed by atoms with E-state index in [-0.39, 0.29) is 17.9 Å². The van der Waals surface area contributed by atoms with E-state index in [0.29, 0.717) is 29.4 Å². The summed E-state index contributed by atoms with van der Waals surface area (Å²) in [4.78, 5) is 32.0. The molecule has 1 atom stereocenters. The summed E-state index contributed by atoms with van der Waals surface area (Å²) >= 11 is 0. The number of benzene rings is 2. The van der Waals surface area contributed by atoms with Crippen LogP contribution in [0.4, 0.5) is 0 Å². The molecule has 1 amide bonds. The minimum absolute atomic E-state index is 0.000796. The van der Waals surface area contributed by atoms with Gasteiger partial charge < -0.3 is 19.5 Å². The van der Waals surface area contributed by atoms with Gasteiger partial charge in [-0.1, -0.05) is 30.3 Å². The summed E-state index contributed by atoms with van der Waals surface area (Å²) in [5.74, 6) is -0.454. The van der Waals surface area contributed by atoms with Crippen molar-refractivity contribution >= 4 is 17.4 Å². The van der Waals surface area contributed by atoms with Gasteiger partial charge >= 0.3 is 0 Å². The fourth-order valence-corrected chi connectivity index (χ4v) is 3.87. The SMILES string of the molecule is CCOc1cccc(/C(O)=C2/C(=O)C(=O)N(Cc3ccc(OC)cc3)C2c2ccccn2)c1. The van der Waals surface area contributed by atoms with Gasteiger partial charge in [0, 0.05) is 18.3 Å². The maximum Gasteiger partial charge on any atom is 0.296 e. The second-order valence-corrected chi connectivity index (χ2v) is 7.49. The molecule has 7 heteroatoms. The third kappa shape index (κ3) is 4.43. The standard InChI is InChI=1S/C26H24N2O5/c1-3-33-20-8-6-7-18(15-20)24(29)22-23(21-9-4-5-14-27-21)28(26(31)25(22)30)16-17-10-12-19(32-2)13-11-17/h4-15,23,29H,3,16H2,1-2H3/b24-22-. The Labute approximate surface area is 191 Å². The number of ketones is 1. The Morgan fingerprint density at radius 3 is 2.48 bits per heavy atom. The number of nitrogens with zero attached hydrogens (tertiary/aromatic N) is 2. The number of aliphatic hydroxyl groups excluding tert-OH is 1. The van der Waals surface area contributed by atoms with Crippen molar-refractivity contribution in [2.45, 2.75) is 19.5 Å². The van der Waals surface area contributed by atoms with Gasteiger partial charge in [0.05, 0.1) is 25.0 Å². The Bertz CT molecular complexity index is 1190. The molecule has 168 valence electrons. The Kier molecular flexibility index (Phi) is 6.40. The molecular weight excluding hydrogens is 420 g/mol. The predicted octanol–water partition coefficient (Wildman–Crippen LogP) is 4.11. The van der Waals surface area contributed by atoms with Crippen molar-refractivity contribution in [3.05, 3.63) is 95.3 Å². The van der Waals surface area contributed by atoms with Crippen LogP contribution in [0.25, 0.3) is 5.76 Å². The zero-order valence-electron chi connectivity index (χ0n) is 18.4. The number of methoxy groups -OCH3 is 1. The quantitative estimate of drug-likeness (QED) is 0.335. The number of carbonyl (C=O) groups excluding carboxylic acids is 2. The largest absolute Gasteiger partial charge is 0.507 e. The van der Waals surface area contributed by atoms with E-state index in [9.17, 15) is 14.7 Å². The predicted molar refractivity (Wildman–Crippen MR) is 123 cm³/mol. The molecule has 1 aliphatic heterocycles. The first-order chi connectivity index (χ1) is 16.0. The monoisotopic (exact) mass is 444 g/mol. The molecule has 1 aromatic heterocycles. The molecule has 4 rings (SSSR count). The van der Waals surface area contributed by atoms with Gasteiger partial charge in [0.25, 0.3) is 11.7 Å². The average Bonchev–Trinajstić information content (AvgIpc) is 3.10. The minimum Gasteiger partial charge on any atom is -0.507 e. The lowest BCUT2D eigenvalue weighted by atomic mass is 9.98. The highest BCUT2D eigenvalue weighted by molar-refractivity contribution is 6.46. The van der Waals surface area contributed by atoms with E-state index >= 15 is 0 Å². The molecule has 1 aliphatic rings. The Morgan fingerprint density at radius 2 is 1.82 bits per heavy atom. The van der Waals surface area contributed by atoms with Crippen LogP contribution in [-0.4, -0.2) is 40.4 Å². The molecule has 2 aromatic carbocycles. The van der Waals surface area contributed by atoms with E-state index in [1.54, 1.807) is 67.9 Å². The highest BCUT2D eigenvalue weighted by Crippen LogP contribution is 2.39. The van der Waals surface area contributed by atoms with Gasteiger partial charge in [0.2, 0.25) is 0 Å². The smallest absolute Gasteiger partial charge is 0.296 e. The summed E-state index contributed by atoms with van der Waals surface area (Å²) < 4.78 is 10.7. The number of aliphatic hydroxyl groups is 1.